The summed E-state index contributed by atoms with van der Waals surface area (Å²) in [6.07, 6.45) is 0. The average Bonchev–Trinajstić information content (AvgIpc) is 2.83. The Bertz CT molecular complexity index is 756. The van der Waals surface area contributed by atoms with Crippen molar-refractivity contribution in [2.24, 2.45) is 0 Å². The summed E-state index contributed by atoms with van der Waals surface area (Å²) in [5.74, 6) is 0. The molecule has 0 aliphatic carbocycles. The Labute approximate surface area is 198 Å². The van der Waals surface area contributed by atoms with Crippen LogP contribution in [0.1, 0.15) is 27.7 Å². The third-order valence-corrected chi connectivity index (χ3v) is 13.7. The van der Waals surface area contributed by atoms with Crippen molar-refractivity contribution in [3.63, 3.8) is 0 Å². The first-order valence-corrected chi connectivity index (χ1v) is 16.1. The van der Waals surface area contributed by atoms with Crippen LogP contribution < -0.4 is 10.7 Å². The van der Waals surface area contributed by atoms with Gasteiger partial charge in [0, 0.05) is 26.2 Å². The van der Waals surface area contributed by atoms with Gasteiger partial charge in [-0.25, -0.2) is 0 Å². The minimum atomic E-state index is -1.98. The summed E-state index contributed by atoms with van der Waals surface area (Å²) in [5.41, 5.74) is 1.21. The normalized spacial score (nSPS) is 10.8. The Morgan fingerprint density at radius 3 is 1.03 bits per heavy atom. The molecule has 0 heterocycles. The maximum atomic E-state index is 3.67. The molecule has 0 bridgehead atoms. The number of hydrogen-bond donors (Lipinski definition) is 0. The Balaban J connectivity index is 0.000000248. The molecule has 3 aromatic rings. The standard InChI is InChI=1S/C9H21N2P.3C6H5.Sn/c1-5-10(6-2)9(12)11(7-3)8-4;3*1-2-4-6-5-3-1;/h12H,5-8H2,1-4H3;3*1-5H;. The molecule has 0 saturated heterocycles. The third kappa shape index (κ3) is 7.88. The van der Waals surface area contributed by atoms with E-state index < -0.39 is 19.8 Å². The molecular weight excluding hydrogens is 502 g/mol. The van der Waals surface area contributed by atoms with Gasteiger partial charge in [-0.2, -0.15) is 0 Å². The van der Waals surface area contributed by atoms with Gasteiger partial charge in [-0.1, -0.05) is 36.6 Å². The number of nitrogens with zero attached hydrogens (tertiary/aromatic N) is 2. The molecule has 1 radical (unpaired) electrons. The summed E-state index contributed by atoms with van der Waals surface area (Å²) in [6, 6.07) is 32.9. The molecule has 3 aromatic carbocycles. The van der Waals surface area contributed by atoms with Crippen molar-refractivity contribution in [3.8, 4) is 0 Å². The topological polar surface area (TPSA) is 6.48 Å². The van der Waals surface area contributed by atoms with Gasteiger partial charge < -0.3 is 0 Å². The second-order valence-corrected chi connectivity index (χ2v) is 14.7. The monoisotopic (exact) mass is 539 g/mol. The van der Waals surface area contributed by atoms with Crippen LogP contribution in [-0.4, -0.2) is 61.3 Å². The van der Waals surface area contributed by atoms with E-state index in [0.717, 1.165) is 26.2 Å². The predicted octanol–water partition coefficient (Wildman–Crippen LogP) is 4.10. The van der Waals surface area contributed by atoms with Crippen LogP contribution >= 0.6 is 8.86 Å². The summed E-state index contributed by atoms with van der Waals surface area (Å²) in [7, 11) is 3.67. The summed E-state index contributed by atoms with van der Waals surface area (Å²) in [5, 5.41) is 0. The molecule has 0 aliphatic rings. The van der Waals surface area contributed by atoms with Crippen LogP contribution in [0.4, 0.5) is 0 Å². The van der Waals surface area contributed by atoms with Gasteiger partial charge >= 0.3 is 121 Å². The summed E-state index contributed by atoms with van der Waals surface area (Å²) in [4.78, 5) is 4.62. The van der Waals surface area contributed by atoms with Crippen molar-refractivity contribution in [3.05, 3.63) is 91.0 Å². The molecule has 0 unspecified atom stereocenters. The van der Waals surface area contributed by atoms with Crippen LogP contribution in [0.5, 0.6) is 0 Å². The fraction of sp³-hybridized carbons (Fsp3) is 0.296. The molecule has 0 N–H and O–H groups in total. The molecule has 0 amide bonds. The summed E-state index contributed by atoms with van der Waals surface area (Å²) in [6.45, 7) is 12.9. The molecule has 4 heteroatoms. The van der Waals surface area contributed by atoms with Gasteiger partial charge in [-0.15, -0.1) is 0 Å². The quantitative estimate of drug-likeness (QED) is 0.299. The van der Waals surface area contributed by atoms with Crippen molar-refractivity contribution in [2.45, 2.75) is 27.7 Å². The van der Waals surface area contributed by atoms with Crippen molar-refractivity contribution < 1.29 is 0 Å². The summed E-state index contributed by atoms with van der Waals surface area (Å²) >= 11 is -1.98. The van der Waals surface area contributed by atoms with E-state index in [1.165, 1.54) is 16.3 Å². The maximum absolute atomic E-state index is 3.67. The van der Waals surface area contributed by atoms with Crippen LogP contribution in [0.3, 0.4) is 0 Å². The average molecular weight is 538 g/mol. The second-order valence-electron chi connectivity index (χ2n) is 7.14. The van der Waals surface area contributed by atoms with Gasteiger partial charge in [0.15, 0.2) is 0 Å². The molecule has 0 aliphatic heterocycles. The predicted molar refractivity (Wildman–Crippen MR) is 143 cm³/mol. The van der Waals surface area contributed by atoms with Crippen molar-refractivity contribution in [1.82, 2.24) is 9.80 Å². The van der Waals surface area contributed by atoms with Crippen LogP contribution in [0.25, 0.3) is 0 Å². The van der Waals surface area contributed by atoms with E-state index in [-0.39, 0.29) is 0 Å². The van der Waals surface area contributed by atoms with Gasteiger partial charge in [0.1, 0.15) is 0 Å². The van der Waals surface area contributed by atoms with Gasteiger partial charge in [-0.3, -0.25) is 9.80 Å². The first-order chi connectivity index (χ1) is 15.2. The first kappa shape index (κ1) is 25.8. The first-order valence-electron chi connectivity index (χ1n) is 11.3. The van der Waals surface area contributed by atoms with E-state index in [0.29, 0.717) is 0 Å². The van der Waals surface area contributed by atoms with Crippen molar-refractivity contribution in [1.29, 1.82) is 0 Å². The fourth-order valence-corrected chi connectivity index (χ4v) is 11.5. The molecular formula is C27H36N2PSn. The number of benzene rings is 3. The van der Waals surface area contributed by atoms with Crippen LogP contribution in [-0.2, 0) is 0 Å². The molecule has 3 rings (SSSR count). The van der Waals surface area contributed by atoms with Gasteiger partial charge in [0.25, 0.3) is 0 Å². The van der Waals surface area contributed by atoms with E-state index in [1.54, 1.807) is 0 Å². The molecule has 0 aromatic heterocycles. The third-order valence-electron chi connectivity index (χ3n) is 5.31. The Hall–Kier alpha value is -1.45. The van der Waals surface area contributed by atoms with Gasteiger partial charge in [0.05, 0.1) is 5.54 Å². The second kappa shape index (κ2) is 14.6. The van der Waals surface area contributed by atoms with Crippen molar-refractivity contribution >= 4 is 44.9 Å². The van der Waals surface area contributed by atoms with E-state index in [4.69, 9.17) is 0 Å². The molecule has 2 nitrogen and oxygen atoms in total. The van der Waals surface area contributed by atoms with E-state index >= 15 is 0 Å². The Kier molecular flexibility index (Phi) is 12.1. The molecule has 0 spiro atoms. The Morgan fingerprint density at radius 2 is 0.806 bits per heavy atom. The number of rotatable bonds is 9. The molecule has 31 heavy (non-hydrogen) atoms. The zero-order valence-electron chi connectivity index (χ0n) is 19.4. The van der Waals surface area contributed by atoms with Crippen LogP contribution in [0.2, 0.25) is 0 Å². The number of hydrogen-bond acceptors (Lipinski definition) is 0. The summed E-state index contributed by atoms with van der Waals surface area (Å²) < 4.78 is 4.59. The van der Waals surface area contributed by atoms with Gasteiger partial charge in [0.2, 0.25) is 0 Å². The molecule has 0 atom stereocenters. The zero-order chi connectivity index (χ0) is 22.5. The molecule has 0 fully saturated rings. The zero-order valence-corrected chi connectivity index (χ0v) is 23.2. The van der Waals surface area contributed by atoms with Crippen LogP contribution in [0, 0.1) is 0 Å². The molecule has 163 valence electrons. The Morgan fingerprint density at radius 1 is 0.548 bits per heavy atom. The van der Waals surface area contributed by atoms with Gasteiger partial charge in [-0.05, 0) is 0 Å². The van der Waals surface area contributed by atoms with E-state index in [9.17, 15) is 0 Å². The SMILES string of the molecule is CCN(CC)C(=P)N(CC)CC.c1cc[c]([Sn]([c]2ccccc2)[c]2ccccc2)cc1. The fourth-order valence-electron chi connectivity index (χ4n) is 3.56. The molecule has 0 saturated carbocycles. The minimum absolute atomic E-state index is 1.06. The van der Waals surface area contributed by atoms with Crippen molar-refractivity contribution in [2.75, 3.05) is 26.2 Å². The van der Waals surface area contributed by atoms with Crippen LogP contribution in [0.15, 0.2) is 91.0 Å². The van der Waals surface area contributed by atoms with E-state index in [2.05, 4.69) is 137 Å². The van der Waals surface area contributed by atoms with E-state index in [1.807, 2.05) is 0 Å².